The third-order valence-corrected chi connectivity index (χ3v) is 4.14. The fourth-order valence-corrected chi connectivity index (χ4v) is 2.38. The number of alkyl halides is 3. The number of sulfone groups is 1. The summed E-state index contributed by atoms with van der Waals surface area (Å²) in [5.74, 6) is 1.08. The van der Waals surface area contributed by atoms with Crippen LogP contribution in [-0.4, -0.2) is 38.2 Å². The van der Waals surface area contributed by atoms with E-state index in [2.05, 4.69) is 34.2 Å². The lowest BCUT2D eigenvalue weighted by Gasteiger charge is -2.20. The van der Waals surface area contributed by atoms with Crippen LogP contribution in [0.1, 0.15) is 13.8 Å². The smallest absolute Gasteiger partial charge is 0.357 e. The molecule has 2 N–H and O–H groups in total. The van der Waals surface area contributed by atoms with Gasteiger partial charge in [-0.2, -0.15) is 13.2 Å². The molecule has 0 spiro atoms. The zero-order valence-electron chi connectivity index (χ0n) is 13.7. The molecule has 25 heavy (non-hydrogen) atoms. The van der Waals surface area contributed by atoms with E-state index in [9.17, 15) is 26.0 Å². The summed E-state index contributed by atoms with van der Waals surface area (Å²) >= 11 is 0. The summed E-state index contributed by atoms with van der Waals surface area (Å²) in [5.41, 5.74) is -2.68. The van der Waals surface area contributed by atoms with Crippen LogP contribution >= 0.6 is 0 Å². The second-order valence-corrected chi connectivity index (χ2v) is 7.32. The van der Waals surface area contributed by atoms with Crippen LogP contribution in [0.25, 0.3) is 0 Å². The number of allylic oxidation sites excluding steroid dienone is 3. The van der Waals surface area contributed by atoms with Crippen LogP contribution < -0.4 is 10.6 Å². The van der Waals surface area contributed by atoms with Crippen molar-refractivity contribution in [2.45, 2.75) is 31.6 Å². The second-order valence-electron chi connectivity index (χ2n) is 5.21. The number of aliphatic imine (C=N–C) groups is 1. The number of nitrogens with zero attached hydrogens (tertiary/aromatic N) is 1. The van der Waals surface area contributed by atoms with Gasteiger partial charge in [0.15, 0.2) is 15.7 Å². The maximum atomic E-state index is 13.2. The molecule has 0 saturated carbocycles. The van der Waals surface area contributed by atoms with Crippen molar-refractivity contribution in [3.05, 3.63) is 35.7 Å². The normalized spacial score (nSPS) is 20.4. The molecule has 0 bridgehead atoms. The Bertz CT molecular complexity index is 795. The Kier molecular flexibility index (Phi) is 6.42. The van der Waals surface area contributed by atoms with E-state index >= 15 is 0 Å². The highest BCUT2D eigenvalue weighted by atomic mass is 32.2. The van der Waals surface area contributed by atoms with Crippen molar-refractivity contribution in [1.29, 1.82) is 0 Å². The first-order chi connectivity index (χ1) is 11.4. The van der Waals surface area contributed by atoms with Crippen LogP contribution in [0.15, 0.2) is 40.7 Å². The van der Waals surface area contributed by atoms with Crippen LogP contribution in [-0.2, 0) is 9.84 Å². The number of nitrogens with one attached hydrogen (secondary N) is 2. The topological polar surface area (TPSA) is 70.6 Å². The molecule has 1 aliphatic rings. The lowest BCUT2D eigenvalue weighted by Crippen LogP contribution is -2.40. The summed E-state index contributed by atoms with van der Waals surface area (Å²) in [7, 11) is -3.55. The van der Waals surface area contributed by atoms with Gasteiger partial charge in [-0.1, -0.05) is 12.7 Å². The molecule has 0 radical (unpaired) electrons. The molecule has 0 fully saturated rings. The molecular formula is C15H17F4N3O2S. The van der Waals surface area contributed by atoms with E-state index in [0.717, 1.165) is 12.3 Å². The standard InChI is InChI=1S/C15H17F4N3O2S/c1-5-11(8-12(9(2)16)15(17,18)19)10(3)21-13-6-7-20-14(22-13)25(4,23)24/h5,8,10,14,20H,1H2,2-4H3,(H,21,22)/b11-8+,12-9-. The highest BCUT2D eigenvalue weighted by molar-refractivity contribution is 7.91. The minimum absolute atomic E-state index is 0.0241. The third-order valence-electron chi connectivity index (χ3n) is 3.10. The van der Waals surface area contributed by atoms with E-state index in [-0.39, 0.29) is 11.4 Å². The zero-order valence-corrected chi connectivity index (χ0v) is 14.5. The summed E-state index contributed by atoms with van der Waals surface area (Å²) < 4.78 is 74.7. The molecule has 1 aliphatic heterocycles. The number of hydrogen-bond donors (Lipinski definition) is 2. The van der Waals surface area contributed by atoms with E-state index in [1.165, 1.54) is 6.92 Å². The third kappa shape index (κ3) is 5.94. The van der Waals surface area contributed by atoms with Crippen LogP contribution in [0, 0.1) is 12.0 Å². The van der Waals surface area contributed by atoms with Gasteiger partial charge in [0.1, 0.15) is 5.83 Å². The molecule has 5 nitrogen and oxygen atoms in total. The average Bonchev–Trinajstić information content (AvgIpc) is 2.45. The summed E-state index contributed by atoms with van der Waals surface area (Å²) in [6.45, 7) is 5.61. The highest BCUT2D eigenvalue weighted by Gasteiger charge is 2.35. The average molecular weight is 379 g/mol. The second kappa shape index (κ2) is 7.74. The summed E-state index contributed by atoms with van der Waals surface area (Å²) in [6.07, 6.45) is -2.14. The maximum Gasteiger partial charge on any atom is 0.418 e. The Hall–Kier alpha value is -2.28. The number of hydrogen-bond acceptors (Lipinski definition) is 5. The van der Waals surface area contributed by atoms with Gasteiger partial charge in [0.25, 0.3) is 0 Å². The molecule has 0 aliphatic carbocycles. The molecule has 0 aromatic carbocycles. The minimum atomic E-state index is -4.86. The van der Waals surface area contributed by atoms with Crippen LogP contribution in [0.5, 0.6) is 0 Å². The minimum Gasteiger partial charge on any atom is -0.357 e. The largest absolute Gasteiger partial charge is 0.418 e. The Morgan fingerprint density at radius 3 is 2.52 bits per heavy atom. The van der Waals surface area contributed by atoms with Gasteiger partial charge in [-0.15, -0.1) is 0 Å². The van der Waals surface area contributed by atoms with Crippen molar-refractivity contribution in [2.24, 2.45) is 4.99 Å². The van der Waals surface area contributed by atoms with Crippen LogP contribution in [0.2, 0.25) is 0 Å². The van der Waals surface area contributed by atoms with Gasteiger partial charge >= 0.3 is 6.18 Å². The van der Waals surface area contributed by atoms with Crippen molar-refractivity contribution in [1.82, 2.24) is 10.6 Å². The molecule has 0 amide bonds. The molecule has 2 atom stereocenters. The molecule has 0 aromatic rings. The van der Waals surface area contributed by atoms with Gasteiger partial charge in [-0.3, -0.25) is 0 Å². The molecule has 1 heterocycles. The summed E-state index contributed by atoms with van der Waals surface area (Å²) in [6, 6.07) is 1.59. The lowest BCUT2D eigenvalue weighted by molar-refractivity contribution is -0.0900. The van der Waals surface area contributed by atoms with E-state index in [0.29, 0.717) is 13.0 Å². The van der Waals surface area contributed by atoms with E-state index in [4.69, 9.17) is 0 Å². The molecule has 138 valence electrons. The van der Waals surface area contributed by atoms with Gasteiger partial charge in [0.05, 0.1) is 11.6 Å². The van der Waals surface area contributed by atoms with Crippen molar-refractivity contribution in [2.75, 3.05) is 6.26 Å². The van der Waals surface area contributed by atoms with Gasteiger partial charge in [-0.05, 0) is 31.4 Å². The Morgan fingerprint density at radius 1 is 1.48 bits per heavy atom. The first-order valence-electron chi connectivity index (χ1n) is 6.93. The predicted molar refractivity (Wildman–Crippen MR) is 87.7 cm³/mol. The quantitative estimate of drug-likeness (QED) is 0.436. The van der Waals surface area contributed by atoms with E-state index in [1.54, 1.807) is 0 Å². The first kappa shape index (κ1) is 20.8. The molecule has 10 heteroatoms. The maximum absolute atomic E-state index is 13.2. The Morgan fingerprint density at radius 2 is 2.08 bits per heavy atom. The fraction of sp³-hybridized carbons (Fsp3) is 0.400. The number of amidine groups is 1. The molecule has 0 aromatic heterocycles. The Labute approximate surface area is 143 Å². The fourth-order valence-electron chi connectivity index (χ4n) is 1.81. The van der Waals surface area contributed by atoms with Crippen LogP contribution in [0.4, 0.5) is 17.6 Å². The van der Waals surface area contributed by atoms with Gasteiger partial charge in [0.2, 0.25) is 5.50 Å². The predicted octanol–water partition coefficient (Wildman–Crippen LogP) is 2.17. The molecule has 2 unspecified atom stereocenters. The summed E-state index contributed by atoms with van der Waals surface area (Å²) in [4.78, 5) is 3.84. The summed E-state index contributed by atoms with van der Waals surface area (Å²) in [5, 5.41) is 5.04. The molecular weight excluding hydrogens is 362 g/mol. The number of halogens is 4. The molecule has 0 saturated heterocycles. The van der Waals surface area contributed by atoms with Gasteiger partial charge in [-0.25, -0.2) is 17.8 Å². The first-order valence-corrected chi connectivity index (χ1v) is 8.89. The zero-order chi connectivity index (χ0) is 19.4. The van der Waals surface area contributed by atoms with E-state index in [1.807, 2.05) is 0 Å². The van der Waals surface area contributed by atoms with Crippen molar-refractivity contribution in [3.8, 4) is 12.0 Å². The SMILES string of the molecule is C=C/C(=C\C(=C(/C)F)C(F)(F)F)C(C)NC1=NC(S(C)(=O)=O)NC#C1. The lowest BCUT2D eigenvalue weighted by atomic mass is 10.0. The molecule has 1 rings (SSSR count). The monoisotopic (exact) mass is 379 g/mol. The van der Waals surface area contributed by atoms with Crippen LogP contribution in [0.3, 0.4) is 0 Å². The highest BCUT2D eigenvalue weighted by Crippen LogP contribution is 2.31. The van der Waals surface area contributed by atoms with Gasteiger partial charge < -0.3 is 10.6 Å². The number of rotatable bonds is 5. The van der Waals surface area contributed by atoms with E-state index < -0.39 is 39.0 Å². The van der Waals surface area contributed by atoms with Gasteiger partial charge in [0, 0.05) is 12.3 Å². The van der Waals surface area contributed by atoms with Crippen molar-refractivity contribution < 1.29 is 26.0 Å². The van der Waals surface area contributed by atoms with Crippen molar-refractivity contribution in [3.63, 3.8) is 0 Å². The Balaban J connectivity index is 3.10. The van der Waals surface area contributed by atoms with Crippen molar-refractivity contribution >= 4 is 15.7 Å².